The molecular formula is C25H30N4O4. The maximum Gasteiger partial charge on any atom is 0.269 e. The summed E-state index contributed by atoms with van der Waals surface area (Å²) in [5.41, 5.74) is 3.18. The Morgan fingerprint density at radius 2 is 1.64 bits per heavy atom. The topological polar surface area (TPSA) is 94.5 Å². The van der Waals surface area contributed by atoms with Crippen LogP contribution in [0.4, 0.5) is 5.69 Å². The van der Waals surface area contributed by atoms with Gasteiger partial charge >= 0.3 is 0 Å². The molecule has 0 fully saturated rings. The molecule has 0 atom stereocenters. The molecule has 0 saturated heterocycles. The van der Waals surface area contributed by atoms with Crippen LogP contribution in [0.25, 0.3) is 0 Å². The van der Waals surface area contributed by atoms with E-state index in [1.54, 1.807) is 43.1 Å². The lowest BCUT2D eigenvalue weighted by molar-refractivity contribution is 0.0935. The van der Waals surface area contributed by atoms with Crippen molar-refractivity contribution in [2.24, 2.45) is 7.05 Å². The van der Waals surface area contributed by atoms with Crippen molar-refractivity contribution < 1.29 is 19.1 Å². The first-order valence-corrected chi connectivity index (χ1v) is 10.6. The number of nitrogens with one attached hydrogen (secondary N) is 2. The Bertz CT molecular complexity index is 1150. The maximum absolute atomic E-state index is 12.6. The van der Waals surface area contributed by atoms with Crippen molar-refractivity contribution in [1.29, 1.82) is 0 Å². The second kappa shape index (κ2) is 9.77. The molecule has 1 aromatic heterocycles. The molecule has 0 unspecified atom stereocenters. The fourth-order valence-corrected chi connectivity index (χ4v) is 3.50. The van der Waals surface area contributed by atoms with Crippen molar-refractivity contribution in [3.63, 3.8) is 0 Å². The molecule has 0 bridgehead atoms. The highest BCUT2D eigenvalue weighted by atomic mass is 16.5. The average molecular weight is 451 g/mol. The number of ether oxygens (including phenoxy) is 2. The lowest BCUT2D eigenvalue weighted by Crippen LogP contribution is -2.37. The molecule has 0 saturated carbocycles. The molecule has 3 rings (SSSR count). The number of aryl methyl sites for hydroxylation is 2. The van der Waals surface area contributed by atoms with Crippen LogP contribution in [-0.4, -0.2) is 42.4 Å². The highest BCUT2D eigenvalue weighted by Crippen LogP contribution is 2.28. The van der Waals surface area contributed by atoms with Crippen molar-refractivity contribution in [2.45, 2.75) is 26.2 Å². The highest BCUT2D eigenvalue weighted by Gasteiger charge is 2.23. The molecule has 2 amide bonds. The van der Waals surface area contributed by atoms with Crippen LogP contribution in [0, 0.1) is 6.92 Å². The van der Waals surface area contributed by atoms with E-state index in [1.165, 1.54) is 7.11 Å². The Kier molecular flexibility index (Phi) is 7.06. The average Bonchev–Trinajstić information content (AvgIpc) is 3.15. The summed E-state index contributed by atoms with van der Waals surface area (Å²) in [6, 6.07) is 14.4. The molecule has 1 heterocycles. The first kappa shape index (κ1) is 23.8. The zero-order valence-electron chi connectivity index (χ0n) is 19.9. The number of aromatic nitrogens is 2. The summed E-state index contributed by atoms with van der Waals surface area (Å²) in [5.74, 6) is 0.642. The highest BCUT2D eigenvalue weighted by molar-refractivity contribution is 6.04. The number of benzene rings is 2. The maximum atomic E-state index is 12.6. The van der Waals surface area contributed by atoms with Gasteiger partial charge in [-0.15, -0.1) is 0 Å². The van der Waals surface area contributed by atoms with Gasteiger partial charge in [0.2, 0.25) is 0 Å². The van der Waals surface area contributed by atoms with E-state index in [0.29, 0.717) is 35.0 Å². The largest absolute Gasteiger partial charge is 0.493 e. The van der Waals surface area contributed by atoms with Crippen LogP contribution in [0.1, 0.15) is 46.0 Å². The lowest BCUT2D eigenvalue weighted by atomic mass is 9.84. The standard InChI is InChI=1S/C25H30N4O4/c1-16-13-20(29(4)28-16)24(31)26-15-25(2,3)18-8-10-19(11-9-18)27-23(30)17-7-12-21(32-5)22(14-17)33-6/h7-14H,15H2,1-6H3,(H,26,31)(H,27,30). The molecule has 0 aliphatic heterocycles. The van der Waals surface area contributed by atoms with Gasteiger partial charge in [-0.05, 0) is 48.9 Å². The van der Waals surface area contributed by atoms with Crippen LogP contribution >= 0.6 is 0 Å². The van der Waals surface area contributed by atoms with Gasteiger partial charge in [0.1, 0.15) is 5.69 Å². The van der Waals surface area contributed by atoms with Crippen LogP contribution in [0.3, 0.4) is 0 Å². The van der Waals surface area contributed by atoms with Gasteiger partial charge in [-0.2, -0.15) is 5.10 Å². The van der Waals surface area contributed by atoms with Crippen molar-refractivity contribution >= 4 is 17.5 Å². The van der Waals surface area contributed by atoms with Crippen molar-refractivity contribution in [3.8, 4) is 11.5 Å². The number of nitrogens with zero attached hydrogens (tertiary/aromatic N) is 2. The summed E-state index contributed by atoms with van der Waals surface area (Å²) in [5, 5.41) is 10.1. The number of carbonyl (C=O) groups excluding carboxylic acids is 2. The van der Waals surface area contributed by atoms with Crippen LogP contribution in [0.5, 0.6) is 11.5 Å². The van der Waals surface area contributed by atoms with E-state index in [0.717, 1.165) is 11.3 Å². The Labute approximate surface area is 193 Å². The smallest absolute Gasteiger partial charge is 0.269 e. The van der Waals surface area contributed by atoms with Gasteiger partial charge in [-0.1, -0.05) is 26.0 Å². The second-order valence-electron chi connectivity index (χ2n) is 8.46. The molecule has 0 aliphatic rings. The molecule has 2 aromatic carbocycles. The predicted molar refractivity (Wildman–Crippen MR) is 127 cm³/mol. The fraction of sp³-hybridized carbons (Fsp3) is 0.320. The third-order valence-electron chi connectivity index (χ3n) is 5.50. The summed E-state index contributed by atoms with van der Waals surface area (Å²) >= 11 is 0. The van der Waals surface area contributed by atoms with E-state index in [2.05, 4.69) is 29.6 Å². The van der Waals surface area contributed by atoms with E-state index >= 15 is 0 Å². The summed E-state index contributed by atoms with van der Waals surface area (Å²) < 4.78 is 12.1. The molecule has 2 N–H and O–H groups in total. The van der Waals surface area contributed by atoms with Gasteiger partial charge in [0.25, 0.3) is 11.8 Å². The van der Waals surface area contributed by atoms with Crippen LogP contribution in [-0.2, 0) is 12.5 Å². The molecule has 0 spiro atoms. The van der Waals surface area contributed by atoms with E-state index < -0.39 is 0 Å². The van der Waals surface area contributed by atoms with Crippen molar-refractivity contribution in [1.82, 2.24) is 15.1 Å². The first-order chi connectivity index (χ1) is 15.6. The molecule has 33 heavy (non-hydrogen) atoms. The molecule has 0 aliphatic carbocycles. The van der Waals surface area contributed by atoms with Crippen molar-refractivity contribution in [3.05, 3.63) is 71.0 Å². The summed E-state index contributed by atoms with van der Waals surface area (Å²) in [6.07, 6.45) is 0. The van der Waals surface area contributed by atoms with Crippen LogP contribution in [0.15, 0.2) is 48.5 Å². The number of anilines is 1. The number of carbonyl (C=O) groups is 2. The lowest BCUT2D eigenvalue weighted by Gasteiger charge is -2.26. The normalized spacial score (nSPS) is 11.1. The zero-order chi connectivity index (χ0) is 24.2. The minimum atomic E-state index is -0.310. The number of hydrogen-bond acceptors (Lipinski definition) is 5. The van der Waals surface area contributed by atoms with Gasteiger partial charge in [0.15, 0.2) is 11.5 Å². The third-order valence-corrected chi connectivity index (χ3v) is 5.50. The number of rotatable bonds is 8. The van der Waals surface area contributed by atoms with Gasteiger partial charge in [0.05, 0.1) is 19.9 Å². The minimum Gasteiger partial charge on any atom is -0.493 e. The molecule has 8 nitrogen and oxygen atoms in total. The first-order valence-electron chi connectivity index (χ1n) is 10.6. The van der Waals surface area contributed by atoms with Gasteiger partial charge in [-0.3, -0.25) is 14.3 Å². The van der Waals surface area contributed by atoms with E-state index in [9.17, 15) is 9.59 Å². The quantitative estimate of drug-likeness (QED) is 0.546. The van der Waals surface area contributed by atoms with Gasteiger partial charge < -0.3 is 20.1 Å². The van der Waals surface area contributed by atoms with Crippen LogP contribution < -0.4 is 20.1 Å². The van der Waals surface area contributed by atoms with Crippen molar-refractivity contribution in [2.75, 3.05) is 26.1 Å². The predicted octanol–water partition coefficient (Wildman–Crippen LogP) is 3.71. The summed E-state index contributed by atoms with van der Waals surface area (Å²) in [7, 11) is 4.83. The minimum absolute atomic E-state index is 0.162. The molecule has 0 radical (unpaired) electrons. The molecular weight excluding hydrogens is 420 g/mol. The van der Waals surface area contributed by atoms with Gasteiger partial charge in [0, 0.05) is 30.3 Å². The van der Waals surface area contributed by atoms with E-state index in [4.69, 9.17) is 9.47 Å². The fourth-order valence-electron chi connectivity index (χ4n) is 3.50. The Morgan fingerprint density at radius 3 is 2.21 bits per heavy atom. The van der Waals surface area contributed by atoms with Crippen LogP contribution in [0.2, 0.25) is 0 Å². The Morgan fingerprint density at radius 1 is 0.970 bits per heavy atom. The zero-order valence-corrected chi connectivity index (χ0v) is 19.9. The molecule has 3 aromatic rings. The Hall–Kier alpha value is -3.81. The monoisotopic (exact) mass is 450 g/mol. The number of hydrogen-bond donors (Lipinski definition) is 2. The number of amides is 2. The summed E-state index contributed by atoms with van der Waals surface area (Å²) in [6.45, 7) is 6.41. The van der Waals surface area contributed by atoms with E-state index in [1.807, 2.05) is 31.2 Å². The second-order valence-corrected chi connectivity index (χ2v) is 8.46. The van der Waals surface area contributed by atoms with E-state index in [-0.39, 0.29) is 17.2 Å². The molecule has 8 heteroatoms. The van der Waals surface area contributed by atoms with Gasteiger partial charge in [-0.25, -0.2) is 0 Å². The number of methoxy groups -OCH3 is 2. The SMILES string of the molecule is COc1ccc(C(=O)Nc2ccc(C(C)(C)CNC(=O)c3cc(C)nn3C)cc2)cc1OC. The third kappa shape index (κ3) is 5.52. The Balaban J connectivity index is 1.64. The summed E-state index contributed by atoms with van der Waals surface area (Å²) in [4.78, 5) is 25.2. The molecule has 174 valence electrons.